The average Bonchev–Trinajstić information content (AvgIpc) is 3.39. The number of carbonyl (C=O) groups is 3. The second-order valence-corrected chi connectivity index (χ2v) is 17.7. The quantitative estimate of drug-likeness (QED) is 0.0262. The lowest BCUT2D eigenvalue weighted by Crippen LogP contribution is -2.30. The highest BCUT2D eigenvalue weighted by Crippen LogP contribution is 2.10. The molecule has 0 aliphatic carbocycles. The molecule has 0 bridgehead atoms. The van der Waals surface area contributed by atoms with E-state index in [0.717, 1.165) is 148 Å². The monoisotopic (exact) mass is 1000 g/mol. The minimum Gasteiger partial charge on any atom is -0.462 e. The van der Waals surface area contributed by atoms with Crippen LogP contribution in [0.1, 0.15) is 201 Å². The van der Waals surface area contributed by atoms with Crippen molar-refractivity contribution in [3.05, 3.63) is 182 Å². The van der Waals surface area contributed by atoms with Crippen molar-refractivity contribution in [3.8, 4) is 0 Å². The summed E-state index contributed by atoms with van der Waals surface area (Å²) < 4.78 is 16.7. The molecule has 0 radical (unpaired) electrons. The number of unbranched alkanes of at least 4 members (excludes halogenated alkanes) is 7. The summed E-state index contributed by atoms with van der Waals surface area (Å²) in [5, 5.41) is 0. The lowest BCUT2D eigenvalue weighted by atomic mass is 10.1. The maximum absolute atomic E-state index is 12.8. The van der Waals surface area contributed by atoms with Gasteiger partial charge in [-0.1, -0.05) is 209 Å². The second kappa shape index (κ2) is 59.1. The largest absolute Gasteiger partial charge is 0.462 e. The molecule has 0 aromatic carbocycles. The van der Waals surface area contributed by atoms with E-state index in [4.69, 9.17) is 14.2 Å². The zero-order chi connectivity index (χ0) is 52.9. The van der Waals surface area contributed by atoms with Crippen LogP contribution in [0.3, 0.4) is 0 Å². The van der Waals surface area contributed by atoms with Crippen molar-refractivity contribution in [3.63, 3.8) is 0 Å². The molecule has 0 aliphatic rings. The fourth-order valence-corrected chi connectivity index (χ4v) is 6.75. The van der Waals surface area contributed by atoms with Crippen molar-refractivity contribution < 1.29 is 28.6 Å². The predicted octanol–water partition coefficient (Wildman–Crippen LogP) is 19.3. The Morgan fingerprint density at radius 1 is 0.274 bits per heavy atom. The van der Waals surface area contributed by atoms with Crippen molar-refractivity contribution in [2.45, 2.75) is 207 Å². The lowest BCUT2D eigenvalue weighted by molar-refractivity contribution is -0.167. The van der Waals surface area contributed by atoms with Crippen molar-refractivity contribution in [2.24, 2.45) is 0 Å². The van der Waals surface area contributed by atoms with Gasteiger partial charge in [0, 0.05) is 19.3 Å². The van der Waals surface area contributed by atoms with Gasteiger partial charge < -0.3 is 14.2 Å². The third kappa shape index (κ3) is 57.3. The number of ether oxygens (including phenoxy) is 3. The number of carbonyl (C=O) groups excluding carboxylic acids is 3. The number of esters is 3. The summed E-state index contributed by atoms with van der Waals surface area (Å²) in [6.07, 6.45) is 88.9. The van der Waals surface area contributed by atoms with Crippen LogP contribution in [0.4, 0.5) is 0 Å². The van der Waals surface area contributed by atoms with Gasteiger partial charge in [-0.3, -0.25) is 14.4 Å². The maximum atomic E-state index is 12.8. The molecule has 0 aromatic rings. The van der Waals surface area contributed by atoms with E-state index in [9.17, 15) is 14.4 Å². The third-order valence-electron chi connectivity index (χ3n) is 10.9. The molecule has 73 heavy (non-hydrogen) atoms. The fourth-order valence-electron chi connectivity index (χ4n) is 6.75. The Bertz CT molecular complexity index is 1770. The summed E-state index contributed by atoms with van der Waals surface area (Å²) in [6.45, 7) is 6.16. The Labute approximate surface area is 446 Å². The molecule has 0 aromatic heterocycles. The Balaban J connectivity index is 4.57. The SMILES string of the molecule is CC/C=C\C/C=C\C/C=C\C/C=C\C/C=C\C/C=C\C/C=C\CCCCCC(=O)OCC(COC(=O)CCCC/C=C\C/C=C\C/C=C\C/C=C\CC)OC(=O)CCCC/C=C\C/C=C\C/C=C\C/C=C\CC. The van der Waals surface area contributed by atoms with Gasteiger partial charge in [-0.2, -0.15) is 0 Å². The zero-order valence-corrected chi connectivity index (χ0v) is 46.1. The van der Waals surface area contributed by atoms with Gasteiger partial charge in [0.1, 0.15) is 13.2 Å². The molecule has 0 aliphatic heterocycles. The maximum Gasteiger partial charge on any atom is 0.306 e. The van der Waals surface area contributed by atoms with Gasteiger partial charge in [-0.05, 0) is 154 Å². The Morgan fingerprint density at radius 2 is 0.493 bits per heavy atom. The minimum absolute atomic E-state index is 0.136. The molecular formula is C67H100O6. The molecule has 0 saturated heterocycles. The van der Waals surface area contributed by atoms with Crippen LogP contribution in [0.15, 0.2) is 182 Å². The smallest absolute Gasteiger partial charge is 0.306 e. The Morgan fingerprint density at radius 3 is 0.767 bits per heavy atom. The first-order valence-corrected chi connectivity index (χ1v) is 28.3. The van der Waals surface area contributed by atoms with Gasteiger partial charge in [0.25, 0.3) is 0 Å². The molecule has 0 saturated carbocycles. The van der Waals surface area contributed by atoms with E-state index >= 15 is 0 Å². The van der Waals surface area contributed by atoms with Crippen LogP contribution in [0.2, 0.25) is 0 Å². The first kappa shape index (κ1) is 67.5. The summed E-state index contributed by atoms with van der Waals surface area (Å²) in [6, 6.07) is 0. The van der Waals surface area contributed by atoms with Crippen molar-refractivity contribution in [2.75, 3.05) is 13.2 Å². The summed E-state index contributed by atoms with van der Waals surface area (Å²) in [7, 11) is 0. The van der Waals surface area contributed by atoms with Gasteiger partial charge >= 0.3 is 17.9 Å². The highest BCUT2D eigenvalue weighted by atomic mass is 16.6. The molecule has 0 amide bonds. The van der Waals surface area contributed by atoms with E-state index in [1.54, 1.807) is 0 Å². The molecule has 1 atom stereocenters. The third-order valence-corrected chi connectivity index (χ3v) is 10.9. The van der Waals surface area contributed by atoms with Gasteiger partial charge in [-0.15, -0.1) is 0 Å². The van der Waals surface area contributed by atoms with Gasteiger partial charge in [0.2, 0.25) is 0 Å². The first-order valence-electron chi connectivity index (χ1n) is 28.3. The highest BCUT2D eigenvalue weighted by Gasteiger charge is 2.19. The summed E-state index contributed by atoms with van der Waals surface area (Å²) in [5.74, 6) is -1.06. The Hall–Kier alpha value is -5.49. The summed E-state index contributed by atoms with van der Waals surface area (Å²) >= 11 is 0. The van der Waals surface area contributed by atoms with E-state index in [1.165, 1.54) is 0 Å². The van der Waals surface area contributed by atoms with Crippen molar-refractivity contribution in [1.29, 1.82) is 0 Å². The van der Waals surface area contributed by atoms with Gasteiger partial charge in [0.15, 0.2) is 6.10 Å². The molecule has 0 heterocycles. The number of hydrogen-bond donors (Lipinski definition) is 0. The molecule has 6 nitrogen and oxygen atoms in total. The summed E-state index contributed by atoms with van der Waals surface area (Å²) in [5.41, 5.74) is 0. The average molecular weight is 1000 g/mol. The van der Waals surface area contributed by atoms with Crippen LogP contribution in [0, 0.1) is 0 Å². The molecule has 404 valence electrons. The molecule has 6 heteroatoms. The van der Waals surface area contributed by atoms with E-state index in [0.29, 0.717) is 19.3 Å². The highest BCUT2D eigenvalue weighted by molar-refractivity contribution is 5.71. The Kier molecular flexibility index (Phi) is 54.6. The van der Waals surface area contributed by atoms with Crippen LogP contribution in [-0.2, 0) is 28.6 Å². The van der Waals surface area contributed by atoms with Gasteiger partial charge in [0.05, 0.1) is 0 Å². The standard InChI is InChI=1S/C67H100O6/c1-4-7-10-13-16-19-22-25-28-29-30-31-32-33-34-35-36-37-40-42-45-48-51-54-57-60-66(69)72-63-64(73-67(70)61-58-55-52-49-46-43-39-27-24-21-18-15-12-9-6-3)62-71-65(68)59-56-53-50-47-44-41-38-26-23-20-17-14-11-8-5-2/h7-12,16-21,25-28,30-31,33-34,36-39,42,44-47,49,64H,4-6,13-15,22-24,29,32,35,40-41,43,48,50-63H2,1-3H3/b10-7-,11-8-,12-9-,19-16-,20-17-,21-18-,28-25-,31-30-,34-33-,37-36-,38-26-,39-27-,45-42-,47-44-,49-46-. The minimum atomic E-state index is -0.842. The van der Waals surface area contributed by atoms with E-state index in [1.807, 2.05) is 0 Å². The molecular weight excluding hydrogens is 901 g/mol. The van der Waals surface area contributed by atoms with Crippen LogP contribution >= 0.6 is 0 Å². The number of hydrogen-bond acceptors (Lipinski definition) is 6. The molecule has 0 fully saturated rings. The van der Waals surface area contributed by atoms with Crippen molar-refractivity contribution >= 4 is 17.9 Å². The lowest BCUT2D eigenvalue weighted by Gasteiger charge is -2.18. The molecule has 0 spiro atoms. The molecule has 1 unspecified atom stereocenters. The van der Waals surface area contributed by atoms with Gasteiger partial charge in [-0.25, -0.2) is 0 Å². The zero-order valence-electron chi connectivity index (χ0n) is 46.1. The first-order chi connectivity index (χ1) is 36.0. The fraction of sp³-hybridized carbons (Fsp3) is 0.507. The van der Waals surface area contributed by atoms with E-state index in [-0.39, 0.29) is 44.0 Å². The van der Waals surface area contributed by atoms with Crippen LogP contribution in [0.25, 0.3) is 0 Å². The molecule has 0 rings (SSSR count). The topological polar surface area (TPSA) is 78.9 Å². The van der Waals surface area contributed by atoms with E-state index < -0.39 is 6.10 Å². The second-order valence-electron chi connectivity index (χ2n) is 17.7. The van der Waals surface area contributed by atoms with Crippen molar-refractivity contribution in [1.82, 2.24) is 0 Å². The predicted molar refractivity (Wildman–Crippen MR) is 315 cm³/mol. The summed E-state index contributed by atoms with van der Waals surface area (Å²) in [4.78, 5) is 38.1. The van der Waals surface area contributed by atoms with Crippen LogP contribution < -0.4 is 0 Å². The normalized spacial score (nSPS) is 13.5. The van der Waals surface area contributed by atoms with Crippen LogP contribution in [0.5, 0.6) is 0 Å². The number of allylic oxidation sites excluding steroid dienone is 30. The number of rotatable bonds is 48. The van der Waals surface area contributed by atoms with Crippen LogP contribution in [-0.4, -0.2) is 37.2 Å². The van der Waals surface area contributed by atoms with E-state index in [2.05, 4.69) is 203 Å². The molecule has 0 N–H and O–H groups in total.